The Balaban J connectivity index is 1.55. The number of benzene rings is 1. The molecule has 1 saturated heterocycles. The van der Waals surface area contributed by atoms with Crippen molar-refractivity contribution in [1.29, 1.82) is 0 Å². The number of aromatic nitrogens is 1. The van der Waals surface area contributed by atoms with Gasteiger partial charge in [0.15, 0.2) is 0 Å². The van der Waals surface area contributed by atoms with E-state index in [0.29, 0.717) is 24.5 Å². The normalized spacial score (nSPS) is 16.9. The molecule has 0 unspecified atom stereocenters. The number of nitrogens with zero attached hydrogens (tertiary/aromatic N) is 2. The number of amides is 2. The molecular formula is C22H26ClN3O2S. The van der Waals surface area contributed by atoms with Crippen molar-refractivity contribution in [3.8, 4) is 0 Å². The molecule has 7 heteroatoms. The lowest BCUT2D eigenvalue weighted by Gasteiger charge is -2.31. The van der Waals surface area contributed by atoms with E-state index in [9.17, 15) is 9.59 Å². The maximum absolute atomic E-state index is 12.6. The van der Waals surface area contributed by atoms with E-state index in [1.165, 1.54) is 0 Å². The van der Waals surface area contributed by atoms with Crippen LogP contribution in [0.2, 0.25) is 5.02 Å². The zero-order valence-corrected chi connectivity index (χ0v) is 18.1. The van der Waals surface area contributed by atoms with Crippen LogP contribution in [0.25, 0.3) is 6.08 Å². The van der Waals surface area contributed by atoms with Crippen LogP contribution in [0.15, 0.2) is 35.7 Å². The number of carbonyl (C=O) groups is 2. The second-order valence-electron chi connectivity index (χ2n) is 7.14. The van der Waals surface area contributed by atoms with Gasteiger partial charge in [-0.15, -0.1) is 11.3 Å². The van der Waals surface area contributed by atoms with Gasteiger partial charge in [0, 0.05) is 54.9 Å². The molecule has 1 aliphatic rings. The van der Waals surface area contributed by atoms with Crippen molar-refractivity contribution in [3.05, 3.63) is 57.0 Å². The van der Waals surface area contributed by atoms with Crippen LogP contribution in [0, 0.1) is 0 Å². The molecule has 0 spiro atoms. The first-order valence-corrected chi connectivity index (χ1v) is 11.2. The molecule has 1 atom stereocenters. The maximum Gasteiger partial charge on any atom is 0.246 e. The van der Waals surface area contributed by atoms with Crippen LogP contribution in [0.3, 0.4) is 0 Å². The van der Waals surface area contributed by atoms with Gasteiger partial charge in [0.25, 0.3) is 0 Å². The smallest absolute Gasteiger partial charge is 0.246 e. The van der Waals surface area contributed by atoms with Crippen LogP contribution in [-0.4, -0.2) is 41.3 Å². The van der Waals surface area contributed by atoms with Crippen LogP contribution in [0.4, 0.5) is 0 Å². The highest BCUT2D eigenvalue weighted by molar-refractivity contribution is 7.09. The molecule has 0 radical (unpaired) electrons. The van der Waals surface area contributed by atoms with Crippen molar-refractivity contribution >= 4 is 40.8 Å². The summed E-state index contributed by atoms with van der Waals surface area (Å²) in [5.41, 5.74) is 1.92. The number of piperidine rings is 1. The summed E-state index contributed by atoms with van der Waals surface area (Å²) in [5.74, 6) is 0.359. The van der Waals surface area contributed by atoms with Crippen LogP contribution < -0.4 is 5.32 Å². The topological polar surface area (TPSA) is 62.3 Å². The molecule has 3 rings (SSSR count). The maximum atomic E-state index is 12.6. The highest BCUT2D eigenvalue weighted by Gasteiger charge is 2.25. The fraction of sp³-hybridized carbons (Fsp3) is 0.409. The summed E-state index contributed by atoms with van der Waals surface area (Å²) < 4.78 is 0. The average molecular weight is 432 g/mol. The lowest BCUT2D eigenvalue weighted by Crippen LogP contribution is -2.38. The number of rotatable bonds is 7. The molecular weight excluding hydrogens is 406 g/mol. The van der Waals surface area contributed by atoms with Crippen molar-refractivity contribution in [2.24, 2.45) is 0 Å². The average Bonchev–Trinajstić information content (AvgIpc) is 3.21. The lowest BCUT2D eigenvalue weighted by molar-refractivity contribution is -0.127. The fourth-order valence-corrected chi connectivity index (χ4v) is 4.52. The van der Waals surface area contributed by atoms with Crippen LogP contribution in [-0.2, 0) is 16.0 Å². The minimum atomic E-state index is 0.0220. The van der Waals surface area contributed by atoms with Crippen molar-refractivity contribution in [1.82, 2.24) is 15.2 Å². The highest BCUT2D eigenvalue weighted by atomic mass is 35.5. The summed E-state index contributed by atoms with van der Waals surface area (Å²) in [6, 6.07) is 7.45. The van der Waals surface area contributed by atoms with E-state index in [1.807, 2.05) is 42.2 Å². The molecule has 0 bridgehead atoms. The van der Waals surface area contributed by atoms with Gasteiger partial charge in [0.05, 0.1) is 10.7 Å². The zero-order chi connectivity index (χ0) is 20.6. The van der Waals surface area contributed by atoms with Gasteiger partial charge < -0.3 is 10.2 Å². The Hall–Kier alpha value is -2.18. The summed E-state index contributed by atoms with van der Waals surface area (Å²) in [7, 11) is 0. The Kier molecular flexibility index (Phi) is 7.83. The highest BCUT2D eigenvalue weighted by Crippen LogP contribution is 2.29. The Labute approximate surface area is 180 Å². The Bertz CT molecular complexity index is 880. The number of halogens is 1. The fourth-order valence-electron chi connectivity index (χ4n) is 3.34. The van der Waals surface area contributed by atoms with E-state index < -0.39 is 0 Å². The Morgan fingerprint density at radius 3 is 3.07 bits per heavy atom. The number of hydrogen-bond acceptors (Lipinski definition) is 4. The van der Waals surface area contributed by atoms with Gasteiger partial charge in [-0.2, -0.15) is 0 Å². The second-order valence-corrected chi connectivity index (χ2v) is 8.47. The lowest BCUT2D eigenvalue weighted by atomic mass is 9.98. The summed E-state index contributed by atoms with van der Waals surface area (Å²) >= 11 is 7.65. The first-order valence-electron chi connectivity index (χ1n) is 9.98. The first-order chi connectivity index (χ1) is 14.0. The molecule has 1 aromatic heterocycles. The molecule has 0 saturated carbocycles. The van der Waals surface area contributed by atoms with Crippen molar-refractivity contribution in [2.45, 2.75) is 38.5 Å². The molecule has 154 valence electrons. The second kappa shape index (κ2) is 10.6. The largest absolute Gasteiger partial charge is 0.356 e. The van der Waals surface area contributed by atoms with Gasteiger partial charge in [-0.1, -0.05) is 30.7 Å². The van der Waals surface area contributed by atoms with Gasteiger partial charge in [-0.3, -0.25) is 9.59 Å². The van der Waals surface area contributed by atoms with Gasteiger partial charge in [0.2, 0.25) is 11.8 Å². The van der Waals surface area contributed by atoms with Crippen LogP contribution in [0.5, 0.6) is 0 Å². The number of hydrogen-bond donors (Lipinski definition) is 1. The number of thiazole rings is 1. The summed E-state index contributed by atoms with van der Waals surface area (Å²) in [5, 5.41) is 6.68. The van der Waals surface area contributed by atoms with E-state index in [0.717, 1.165) is 42.1 Å². The molecule has 1 aliphatic heterocycles. The molecule has 2 aromatic rings. The first kappa shape index (κ1) is 21.5. The zero-order valence-electron chi connectivity index (χ0n) is 16.6. The Morgan fingerprint density at radius 1 is 1.41 bits per heavy atom. The van der Waals surface area contributed by atoms with Crippen LogP contribution >= 0.6 is 22.9 Å². The predicted molar refractivity (Wildman–Crippen MR) is 118 cm³/mol. The number of nitrogens with one attached hydrogen (secondary N) is 1. The van der Waals surface area contributed by atoms with Crippen molar-refractivity contribution < 1.29 is 9.59 Å². The third kappa shape index (κ3) is 6.41. The quantitative estimate of drug-likeness (QED) is 0.665. The molecule has 1 aromatic carbocycles. The summed E-state index contributed by atoms with van der Waals surface area (Å²) in [6.45, 7) is 3.92. The molecule has 29 heavy (non-hydrogen) atoms. The minimum Gasteiger partial charge on any atom is -0.356 e. The SMILES string of the molecule is CCC(=O)NCCc1csc([C@@H]2CCCN(C(=O)/C=C/c3cccc(Cl)c3)C2)n1. The number of carbonyl (C=O) groups excluding carboxylic acids is 2. The van der Waals surface area contributed by atoms with Crippen LogP contribution in [0.1, 0.15) is 48.4 Å². The molecule has 2 heterocycles. The van der Waals surface area contributed by atoms with Crippen molar-refractivity contribution in [2.75, 3.05) is 19.6 Å². The summed E-state index contributed by atoms with van der Waals surface area (Å²) in [6.07, 6.45) is 6.69. The molecule has 2 amide bonds. The minimum absolute atomic E-state index is 0.0220. The monoisotopic (exact) mass is 431 g/mol. The molecule has 0 aliphatic carbocycles. The van der Waals surface area contributed by atoms with E-state index >= 15 is 0 Å². The molecule has 5 nitrogen and oxygen atoms in total. The molecule has 1 fully saturated rings. The summed E-state index contributed by atoms with van der Waals surface area (Å²) in [4.78, 5) is 30.6. The van der Waals surface area contributed by atoms with E-state index in [4.69, 9.17) is 16.6 Å². The van der Waals surface area contributed by atoms with Crippen molar-refractivity contribution in [3.63, 3.8) is 0 Å². The van der Waals surface area contributed by atoms with Gasteiger partial charge in [0.1, 0.15) is 0 Å². The van der Waals surface area contributed by atoms with Gasteiger partial charge in [-0.05, 0) is 36.6 Å². The number of likely N-dealkylation sites (tertiary alicyclic amines) is 1. The van der Waals surface area contributed by atoms with E-state index in [1.54, 1.807) is 17.4 Å². The van der Waals surface area contributed by atoms with Gasteiger partial charge in [-0.25, -0.2) is 4.98 Å². The third-order valence-electron chi connectivity index (χ3n) is 4.94. The van der Waals surface area contributed by atoms with E-state index in [-0.39, 0.29) is 17.7 Å². The van der Waals surface area contributed by atoms with E-state index in [2.05, 4.69) is 10.7 Å². The predicted octanol–water partition coefficient (Wildman–Crippen LogP) is 4.28. The Morgan fingerprint density at radius 2 is 2.28 bits per heavy atom. The standard InChI is InChI=1S/C22H26ClN3O2S/c1-2-20(27)24-11-10-19-15-29-22(25-19)17-6-4-12-26(14-17)21(28)9-8-16-5-3-7-18(23)13-16/h3,5,7-9,13,15,17H,2,4,6,10-12,14H2,1H3,(H,24,27)/b9-8+/t17-/m1/s1. The third-order valence-corrected chi connectivity index (χ3v) is 6.23. The van der Waals surface area contributed by atoms with Gasteiger partial charge >= 0.3 is 0 Å². The molecule has 1 N–H and O–H groups in total.